The lowest BCUT2D eigenvalue weighted by molar-refractivity contribution is 0.0968. The van der Waals surface area contributed by atoms with E-state index in [1.165, 1.54) is 6.07 Å². The predicted molar refractivity (Wildman–Crippen MR) is 201 cm³/mol. The molecule has 0 aliphatic carbocycles. The van der Waals surface area contributed by atoms with Crippen molar-refractivity contribution in [2.24, 2.45) is 0 Å². The SMILES string of the molecule is COc1ccc(N2C(=O)c3cc(S(=O)(=O)Nc4ccc(C)cc4)ccc3N(Cc3ccccc3)[C@@H]2c2ccc(OCc3ccccc3)cc2)cc1. The molecule has 51 heavy (non-hydrogen) atoms. The molecular weight excluding hydrogens is 659 g/mol. The van der Waals surface area contributed by atoms with Crippen molar-refractivity contribution in [3.63, 3.8) is 0 Å². The summed E-state index contributed by atoms with van der Waals surface area (Å²) in [5, 5.41) is 0. The van der Waals surface area contributed by atoms with Crippen LogP contribution >= 0.6 is 0 Å². The van der Waals surface area contributed by atoms with Crippen LogP contribution in [0.1, 0.15) is 38.8 Å². The van der Waals surface area contributed by atoms with E-state index in [4.69, 9.17) is 9.47 Å². The van der Waals surface area contributed by atoms with E-state index in [-0.39, 0.29) is 16.4 Å². The minimum Gasteiger partial charge on any atom is -0.497 e. The van der Waals surface area contributed by atoms with Gasteiger partial charge in [-0.3, -0.25) is 14.4 Å². The fourth-order valence-electron chi connectivity index (χ4n) is 6.21. The van der Waals surface area contributed by atoms with Crippen molar-refractivity contribution in [2.45, 2.75) is 31.1 Å². The standard InChI is InChI=1S/C42H37N3O5S/c1-30-13-17-34(18-14-30)43-51(47,48)38-25-26-40-39(27-38)42(46)45(35-19-23-36(49-2)24-20-35)41(44(40)28-31-9-5-3-6-10-31)33-15-21-37(22-16-33)50-29-32-11-7-4-8-12-32/h3-27,41,43H,28-29H2,1-2H3/t41-/m0/s1. The van der Waals surface area contributed by atoms with Crippen molar-refractivity contribution in [2.75, 3.05) is 21.6 Å². The third-order valence-electron chi connectivity index (χ3n) is 8.85. The van der Waals surface area contributed by atoms with Crippen LogP contribution in [0.15, 0.2) is 157 Å². The normalized spacial score (nSPS) is 14.2. The van der Waals surface area contributed by atoms with Gasteiger partial charge in [-0.25, -0.2) is 8.42 Å². The molecule has 1 atom stereocenters. The highest BCUT2D eigenvalue weighted by Crippen LogP contribution is 2.44. The second-order valence-corrected chi connectivity index (χ2v) is 14.0. The molecule has 0 saturated heterocycles. The summed E-state index contributed by atoms with van der Waals surface area (Å²) in [5.74, 6) is 1.02. The van der Waals surface area contributed by atoms with Gasteiger partial charge in [0.05, 0.1) is 23.3 Å². The Hall–Kier alpha value is -6.06. The number of rotatable bonds is 11. The lowest BCUT2D eigenvalue weighted by Crippen LogP contribution is -2.49. The second kappa shape index (κ2) is 14.4. The van der Waals surface area contributed by atoms with Crippen LogP contribution in [0, 0.1) is 6.92 Å². The highest BCUT2D eigenvalue weighted by Gasteiger charge is 2.40. The topological polar surface area (TPSA) is 88.2 Å². The zero-order valence-corrected chi connectivity index (χ0v) is 29.1. The lowest BCUT2D eigenvalue weighted by atomic mass is 9.99. The first kappa shape index (κ1) is 33.4. The number of nitrogens with one attached hydrogen (secondary N) is 1. The van der Waals surface area contributed by atoms with Gasteiger partial charge in [0, 0.05) is 17.9 Å². The summed E-state index contributed by atoms with van der Waals surface area (Å²) in [5.41, 5.74) is 5.91. The summed E-state index contributed by atoms with van der Waals surface area (Å²) in [6, 6.07) is 46.9. The Morgan fingerprint density at radius 2 is 1.33 bits per heavy atom. The third-order valence-corrected chi connectivity index (χ3v) is 10.2. The first-order chi connectivity index (χ1) is 24.8. The monoisotopic (exact) mass is 695 g/mol. The molecule has 1 N–H and O–H groups in total. The fourth-order valence-corrected chi connectivity index (χ4v) is 7.30. The third kappa shape index (κ3) is 7.29. The predicted octanol–water partition coefficient (Wildman–Crippen LogP) is 8.75. The van der Waals surface area contributed by atoms with Gasteiger partial charge in [0.25, 0.3) is 15.9 Å². The van der Waals surface area contributed by atoms with Gasteiger partial charge in [0.2, 0.25) is 0 Å². The van der Waals surface area contributed by atoms with Crippen LogP contribution in [-0.4, -0.2) is 21.4 Å². The molecule has 6 aromatic rings. The number of amides is 1. The highest BCUT2D eigenvalue weighted by molar-refractivity contribution is 7.92. The Labute approximate surface area is 298 Å². The quantitative estimate of drug-likeness (QED) is 0.146. The number of nitrogens with zero attached hydrogens (tertiary/aromatic N) is 2. The Morgan fingerprint density at radius 1 is 0.706 bits per heavy atom. The molecule has 0 unspecified atom stereocenters. The van der Waals surface area contributed by atoms with Crippen LogP contribution in [0.4, 0.5) is 17.1 Å². The molecule has 1 aliphatic rings. The van der Waals surface area contributed by atoms with E-state index in [0.717, 1.165) is 22.3 Å². The number of anilines is 3. The maximum absolute atomic E-state index is 14.8. The smallest absolute Gasteiger partial charge is 0.262 e. The van der Waals surface area contributed by atoms with E-state index in [2.05, 4.69) is 9.62 Å². The molecule has 6 aromatic carbocycles. The minimum atomic E-state index is -4.02. The van der Waals surface area contributed by atoms with Crippen LogP contribution < -0.4 is 24.0 Å². The number of carbonyl (C=O) groups excluding carboxylic acids is 1. The summed E-state index contributed by atoms with van der Waals surface area (Å²) < 4.78 is 41.5. The summed E-state index contributed by atoms with van der Waals surface area (Å²) in [6.07, 6.45) is -0.588. The van der Waals surface area contributed by atoms with E-state index < -0.39 is 16.2 Å². The van der Waals surface area contributed by atoms with Gasteiger partial charge in [-0.1, -0.05) is 90.5 Å². The van der Waals surface area contributed by atoms with Crippen LogP contribution in [0.5, 0.6) is 11.5 Å². The van der Waals surface area contributed by atoms with Gasteiger partial charge in [-0.15, -0.1) is 0 Å². The average molecular weight is 696 g/mol. The van der Waals surface area contributed by atoms with E-state index in [9.17, 15) is 13.2 Å². The second-order valence-electron chi connectivity index (χ2n) is 12.4. The molecule has 1 aliphatic heterocycles. The molecule has 7 rings (SSSR count). The number of carbonyl (C=O) groups is 1. The van der Waals surface area contributed by atoms with E-state index in [1.807, 2.05) is 128 Å². The number of ether oxygens (including phenoxy) is 2. The van der Waals surface area contributed by atoms with Gasteiger partial charge in [0.15, 0.2) is 0 Å². The molecule has 9 heteroatoms. The van der Waals surface area contributed by atoms with Gasteiger partial charge >= 0.3 is 0 Å². The molecular formula is C42H37N3O5S. The number of aryl methyl sites for hydroxylation is 1. The molecule has 1 heterocycles. The largest absolute Gasteiger partial charge is 0.497 e. The molecule has 0 bridgehead atoms. The van der Waals surface area contributed by atoms with Crippen molar-refractivity contribution < 1.29 is 22.7 Å². The Kier molecular flexibility index (Phi) is 9.46. The molecule has 0 aromatic heterocycles. The van der Waals surface area contributed by atoms with Gasteiger partial charge in [-0.2, -0.15) is 0 Å². The Bertz CT molecular complexity index is 2230. The average Bonchev–Trinajstić information content (AvgIpc) is 3.17. The van der Waals surface area contributed by atoms with Crippen molar-refractivity contribution in [1.82, 2.24) is 0 Å². The Morgan fingerprint density at radius 3 is 1.98 bits per heavy atom. The zero-order chi connectivity index (χ0) is 35.4. The van der Waals surface area contributed by atoms with Crippen molar-refractivity contribution in [3.05, 3.63) is 179 Å². The van der Waals surface area contributed by atoms with Crippen LogP contribution in [-0.2, 0) is 23.2 Å². The first-order valence-electron chi connectivity index (χ1n) is 16.6. The van der Waals surface area contributed by atoms with Gasteiger partial charge < -0.3 is 14.4 Å². The van der Waals surface area contributed by atoms with E-state index >= 15 is 0 Å². The van der Waals surface area contributed by atoms with E-state index in [1.54, 1.807) is 36.3 Å². The Balaban J connectivity index is 1.32. The number of hydrogen-bond acceptors (Lipinski definition) is 6. The first-order valence-corrected chi connectivity index (χ1v) is 18.1. The zero-order valence-electron chi connectivity index (χ0n) is 28.3. The lowest BCUT2D eigenvalue weighted by Gasteiger charge is -2.46. The molecule has 0 saturated carbocycles. The summed E-state index contributed by atoms with van der Waals surface area (Å²) in [4.78, 5) is 18.6. The maximum atomic E-state index is 14.8. The minimum absolute atomic E-state index is 0.0112. The highest BCUT2D eigenvalue weighted by atomic mass is 32.2. The van der Waals surface area contributed by atoms with Crippen molar-refractivity contribution in [3.8, 4) is 11.5 Å². The molecule has 1 amide bonds. The molecule has 0 spiro atoms. The van der Waals surface area contributed by atoms with Crippen molar-refractivity contribution in [1.29, 1.82) is 0 Å². The molecule has 0 radical (unpaired) electrons. The van der Waals surface area contributed by atoms with E-state index in [0.29, 0.717) is 41.7 Å². The fraction of sp³-hybridized carbons (Fsp3) is 0.119. The summed E-state index contributed by atoms with van der Waals surface area (Å²) >= 11 is 0. The van der Waals surface area contributed by atoms with Crippen LogP contribution in [0.25, 0.3) is 0 Å². The van der Waals surface area contributed by atoms with Gasteiger partial charge in [-0.05, 0) is 90.3 Å². The van der Waals surface area contributed by atoms with Crippen LogP contribution in [0.2, 0.25) is 0 Å². The van der Waals surface area contributed by atoms with Gasteiger partial charge in [0.1, 0.15) is 24.3 Å². The maximum Gasteiger partial charge on any atom is 0.262 e. The molecule has 0 fully saturated rings. The van der Waals surface area contributed by atoms with Crippen LogP contribution in [0.3, 0.4) is 0 Å². The summed E-state index contributed by atoms with van der Waals surface area (Å²) in [7, 11) is -2.42. The summed E-state index contributed by atoms with van der Waals surface area (Å²) in [6.45, 7) is 2.81. The number of benzene rings is 6. The molecule has 8 nitrogen and oxygen atoms in total. The number of fused-ring (bicyclic) bond motifs is 1. The number of sulfonamides is 1. The number of hydrogen-bond donors (Lipinski definition) is 1. The van der Waals surface area contributed by atoms with Crippen molar-refractivity contribution >= 4 is 33.0 Å². The number of methoxy groups -OCH3 is 1. The molecule has 256 valence electrons.